The highest BCUT2D eigenvalue weighted by Crippen LogP contribution is 2.20. The maximum atomic E-state index is 13.4. The smallest absolute Gasteiger partial charge is 0.254 e. The molecule has 0 saturated heterocycles. The van der Waals surface area contributed by atoms with Crippen molar-refractivity contribution in [2.24, 2.45) is 0 Å². The summed E-state index contributed by atoms with van der Waals surface area (Å²) in [5.41, 5.74) is 1.78. The Bertz CT molecular complexity index is 770. The molecule has 2 rings (SSSR count). The fourth-order valence-corrected chi connectivity index (χ4v) is 3.69. The number of amides is 1. The van der Waals surface area contributed by atoms with Crippen molar-refractivity contribution in [2.45, 2.75) is 53.1 Å². The molecule has 2 aromatic carbocycles. The van der Waals surface area contributed by atoms with E-state index >= 15 is 0 Å². The van der Waals surface area contributed by atoms with Crippen LogP contribution in [0.5, 0.6) is 11.5 Å². The van der Waals surface area contributed by atoms with Crippen LogP contribution in [0.15, 0.2) is 48.5 Å². The van der Waals surface area contributed by atoms with E-state index in [1.54, 1.807) is 7.11 Å². The average Bonchev–Trinajstić information content (AvgIpc) is 2.81. The van der Waals surface area contributed by atoms with Crippen molar-refractivity contribution in [3.8, 4) is 11.5 Å². The average molecular weight is 427 g/mol. The minimum absolute atomic E-state index is 0.0480. The molecule has 0 fully saturated rings. The molecule has 1 atom stereocenters. The van der Waals surface area contributed by atoms with Gasteiger partial charge in [0.1, 0.15) is 11.5 Å². The largest absolute Gasteiger partial charge is 0.497 e. The lowest BCUT2D eigenvalue weighted by Gasteiger charge is -2.30. The van der Waals surface area contributed by atoms with Gasteiger partial charge in [0, 0.05) is 18.2 Å². The van der Waals surface area contributed by atoms with Gasteiger partial charge in [0.2, 0.25) is 0 Å². The van der Waals surface area contributed by atoms with Crippen LogP contribution in [0, 0.1) is 0 Å². The Morgan fingerprint density at radius 2 is 1.55 bits per heavy atom. The van der Waals surface area contributed by atoms with Gasteiger partial charge in [-0.2, -0.15) is 0 Å². The monoisotopic (exact) mass is 426 g/mol. The topological polar surface area (TPSA) is 42.0 Å². The van der Waals surface area contributed by atoms with E-state index in [0.717, 1.165) is 49.5 Å². The summed E-state index contributed by atoms with van der Waals surface area (Å²) in [6.07, 6.45) is 2.04. The summed E-state index contributed by atoms with van der Waals surface area (Å²) in [5.74, 6) is 1.65. The zero-order valence-electron chi connectivity index (χ0n) is 19.8. The van der Waals surface area contributed by atoms with Crippen LogP contribution >= 0.6 is 0 Å². The first kappa shape index (κ1) is 24.7. The Balaban J connectivity index is 2.15. The summed E-state index contributed by atoms with van der Waals surface area (Å²) >= 11 is 0. The minimum atomic E-state index is 0.0480. The third-order valence-electron chi connectivity index (χ3n) is 5.71. The number of carbonyl (C=O) groups is 1. The molecule has 170 valence electrons. The van der Waals surface area contributed by atoms with Gasteiger partial charge in [-0.3, -0.25) is 4.79 Å². The first-order valence-corrected chi connectivity index (χ1v) is 11.4. The molecule has 5 nitrogen and oxygen atoms in total. The summed E-state index contributed by atoms with van der Waals surface area (Å²) in [6, 6.07) is 15.5. The molecule has 0 aromatic heterocycles. The summed E-state index contributed by atoms with van der Waals surface area (Å²) in [7, 11) is 1.63. The van der Waals surface area contributed by atoms with Crippen LogP contribution in [0.1, 0.15) is 56.5 Å². The molecule has 31 heavy (non-hydrogen) atoms. The lowest BCUT2D eigenvalue weighted by molar-refractivity contribution is 0.0662. The van der Waals surface area contributed by atoms with Gasteiger partial charge < -0.3 is 19.3 Å². The van der Waals surface area contributed by atoms with E-state index in [1.807, 2.05) is 60.4 Å². The maximum Gasteiger partial charge on any atom is 0.254 e. The number of hydrogen-bond acceptors (Lipinski definition) is 4. The van der Waals surface area contributed by atoms with E-state index < -0.39 is 0 Å². The van der Waals surface area contributed by atoms with Crippen molar-refractivity contribution in [3.63, 3.8) is 0 Å². The Labute approximate surface area is 188 Å². The SMILES string of the molecule is CCOc1ccc(CN(C(=O)c2ccc(OC)cc2)C(C)CCCN(CC)CC)cc1. The van der Waals surface area contributed by atoms with Gasteiger partial charge in [-0.15, -0.1) is 0 Å². The van der Waals surface area contributed by atoms with Gasteiger partial charge in [0.15, 0.2) is 0 Å². The fraction of sp³-hybridized carbons (Fsp3) is 0.500. The van der Waals surface area contributed by atoms with Gasteiger partial charge in [-0.1, -0.05) is 26.0 Å². The third kappa shape index (κ3) is 7.59. The molecule has 0 spiro atoms. The molecule has 0 aliphatic carbocycles. The van der Waals surface area contributed by atoms with Gasteiger partial charge >= 0.3 is 0 Å². The van der Waals surface area contributed by atoms with Crippen molar-refractivity contribution in [2.75, 3.05) is 33.4 Å². The first-order valence-electron chi connectivity index (χ1n) is 11.4. The predicted octanol–water partition coefficient (Wildman–Crippen LogP) is 5.25. The van der Waals surface area contributed by atoms with Gasteiger partial charge in [-0.05, 0) is 88.3 Å². The van der Waals surface area contributed by atoms with E-state index in [9.17, 15) is 4.79 Å². The molecule has 0 aliphatic heterocycles. The molecule has 5 heteroatoms. The van der Waals surface area contributed by atoms with E-state index in [2.05, 4.69) is 25.7 Å². The Morgan fingerprint density at radius 1 is 0.935 bits per heavy atom. The number of methoxy groups -OCH3 is 1. The molecule has 1 unspecified atom stereocenters. The number of nitrogens with zero attached hydrogens (tertiary/aromatic N) is 2. The predicted molar refractivity (Wildman–Crippen MR) is 127 cm³/mol. The summed E-state index contributed by atoms with van der Waals surface area (Å²) in [6.45, 7) is 12.9. The van der Waals surface area contributed by atoms with Crippen molar-refractivity contribution in [1.29, 1.82) is 0 Å². The van der Waals surface area contributed by atoms with Crippen molar-refractivity contribution >= 4 is 5.91 Å². The van der Waals surface area contributed by atoms with Crippen LogP contribution in [0.2, 0.25) is 0 Å². The second-order valence-corrected chi connectivity index (χ2v) is 7.76. The molecule has 0 aliphatic rings. The molecule has 2 aromatic rings. The van der Waals surface area contributed by atoms with Crippen LogP contribution < -0.4 is 9.47 Å². The lowest BCUT2D eigenvalue weighted by atomic mass is 10.1. The quantitative estimate of drug-likeness (QED) is 0.439. The highest BCUT2D eigenvalue weighted by Gasteiger charge is 2.22. The van der Waals surface area contributed by atoms with E-state index in [0.29, 0.717) is 18.7 Å². The van der Waals surface area contributed by atoms with Gasteiger partial charge in [0.25, 0.3) is 5.91 Å². The normalized spacial score (nSPS) is 11.9. The van der Waals surface area contributed by atoms with Crippen LogP contribution in [-0.2, 0) is 6.54 Å². The number of ether oxygens (including phenoxy) is 2. The molecular weight excluding hydrogens is 388 g/mol. The first-order chi connectivity index (χ1) is 15.0. The zero-order chi connectivity index (χ0) is 22.6. The molecular formula is C26H38N2O3. The standard InChI is InChI=1S/C26H38N2O3/c1-6-27(7-2)19-9-10-21(4)28(20-22-11-15-25(16-12-22)31-8-3)26(29)23-13-17-24(30-5)18-14-23/h11-18,21H,6-10,19-20H2,1-5H3. The van der Waals surface area contributed by atoms with Crippen LogP contribution in [0.4, 0.5) is 0 Å². The number of hydrogen-bond donors (Lipinski definition) is 0. The molecule has 0 radical (unpaired) electrons. The van der Waals surface area contributed by atoms with Crippen LogP contribution in [0.25, 0.3) is 0 Å². The molecule has 0 bridgehead atoms. The summed E-state index contributed by atoms with van der Waals surface area (Å²) in [5, 5.41) is 0. The van der Waals surface area contributed by atoms with E-state index in [-0.39, 0.29) is 11.9 Å². The van der Waals surface area contributed by atoms with Crippen LogP contribution in [-0.4, -0.2) is 55.1 Å². The number of benzene rings is 2. The van der Waals surface area contributed by atoms with Crippen molar-refractivity contribution in [3.05, 3.63) is 59.7 Å². The third-order valence-corrected chi connectivity index (χ3v) is 5.71. The number of carbonyl (C=O) groups excluding carboxylic acids is 1. The second kappa shape index (κ2) is 13.0. The second-order valence-electron chi connectivity index (χ2n) is 7.76. The summed E-state index contributed by atoms with van der Waals surface area (Å²) < 4.78 is 10.8. The zero-order valence-corrected chi connectivity index (χ0v) is 19.8. The van der Waals surface area contributed by atoms with Gasteiger partial charge in [0.05, 0.1) is 13.7 Å². The maximum absolute atomic E-state index is 13.4. The molecule has 0 N–H and O–H groups in total. The molecule has 1 amide bonds. The number of rotatable bonds is 13. The van der Waals surface area contributed by atoms with E-state index in [4.69, 9.17) is 9.47 Å². The van der Waals surface area contributed by atoms with Crippen molar-refractivity contribution < 1.29 is 14.3 Å². The lowest BCUT2D eigenvalue weighted by Crippen LogP contribution is -2.38. The minimum Gasteiger partial charge on any atom is -0.497 e. The van der Waals surface area contributed by atoms with Gasteiger partial charge in [-0.25, -0.2) is 0 Å². The Kier molecular flexibility index (Phi) is 10.4. The molecule has 0 heterocycles. The van der Waals surface area contributed by atoms with Crippen LogP contribution in [0.3, 0.4) is 0 Å². The van der Waals surface area contributed by atoms with E-state index in [1.165, 1.54) is 0 Å². The summed E-state index contributed by atoms with van der Waals surface area (Å²) in [4.78, 5) is 17.8. The fourth-order valence-electron chi connectivity index (χ4n) is 3.69. The van der Waals surface area contributed by atoms with Crippen molar-refractivity contribution in [1.82, 2.24) is 9.80 Å². The highest BCUT2D eigenvalue weighted by atomic mass is 16.5. The molecule has 0 saturated carbocycles. The Morgan fingerprint density at radius 3 is 2.10 bits per heavy atom. The highest BCUT2D eigenvalue weighted by molar-refractivity contribution is 5.94. The Hall–Kier alpha value is -2.53.